The molecular formula is C22H29NO5. The molecule has 1 aliphatic heterocycles. The Labute approximate surface area is 165 Å². The van der Waals surface area contributed by atoms with Crippen molar-refractivity contribution in [3.63, 3.8) is 0 Å². The average molecular weight is 387 g/mol. The fourth-order valence-corrected chi connectivity index (χ4v) is 4.13. The van der Waals surface area contributed by atoms with Gasteiger partial charge in [-0.3, -0.25) is 9.69 Å². The van der Waals surface area contributed by atoms with Crippen LogP contribution >= 0.6 is 0 Å². The van der Waals surface area contributed by atoms with Crippen LogP contribution in [0, 0.1) is 6.92 Å². The summed E-state index contributed by atoms with van der Waals surface area (Å²) in [4.78, 5) is 26.6. The minimum atomic E-state index is -0.388. The van der Waals surface area contributed by atoms with Gasteiger partial charge in [-0.25, -0.2) is 4.79 Å². The second kappa shape index (κ2) is 8.45. The number of hydrogen-bond acceptors (Lipinski definition) is 6. The largest absolute Gasteiger partial charge is 0.468 e. The molecule has 1 fully saturated rings. The summed E-state index contributed by atoms with van der Waals surface area (Å²) in [6, 6.07) is 5.20. The number of nitrogens with zero attached hydrogens (tertiary/aromatic N) is 1. The highest BCUT2D eigenvalue weighted by Crippen LogP contribution is 2.29. The Morgan fingerprint density at radius 2 is 2.04 bits per heavy atom. The van der Waals surface area contributed by atoms with Gasteiger partial charge in [0.15, 0.2) is 0 Å². The summed E-state index contributed by atoms with van der Waals surface area (Å²) in [6.07, 6.45) is 1.45. The lowest BCUT2D eigenvalue weighted by molar-refractivity contribution is -0.151. The van der Waals surface area contributed by atoms with Crippen LogP contribution in [-0.4, -0.2) is 43.8 Å². The Bertz CT molecular complexity index is 917. The lowest BCUT2D eigenvalue weighted by Gasteiger charge is -2.37. The Balaban J connectivity index is 2.01. The van der Waals surface area contributed by atoms with E-state index in [0.717, 1.165) is 22.9 Å². The predicted octanol–water partition coefficient (Wildman–Crippen LogP) is 3.38. The highest BCUT2D eigenvalue weighted by Gasteiger charge is 2.34. The van der Waals surface area contributed by atoms with Gasteiger partial charge in [0.1, 0.15) is 11.6 Å². The third kappa shape index (κ3) is 4.13. The van der Waals surface area contributed by atoms with Crippen LogP contribution in [0.5, 0.6) is 0 Å². The van der Waals surface area contributed by atoms with E-state index in [1.165, 1.54) is 12.7 Å². The molecule has 0 amide bonds. The second-order valence-corrected chi connectivity index (χ2v) is 7.84. The number of carbonyl (C=O) groups excluding carboxylic acids is 1. The topological polar surface area (TPSA) is 69.0 Å². The molecular weight excluding hydrogens is 358 g/mol. The van der Waals surface area contributed by atoms with Gasteiger partial charge < -0.3 is 13.9 Å². The van der Waals surface area contributed by atoms with Gasteiger partial charge in [0, 0.05) is 31.7 Å². The lowest BCUT2D eigenvalue weighted by atomic mass is 9.94. The van der Waals surface area contributed by atoms with Crippen LogP contribution in [0.4, 0.5) is 0 Å². The van der Waals surface area contributed by atoms with Crippen LogP contribution in [0.15, 0.2) is 27.4 Å². The van der Waals surface area contributed by atoms with Gasteiger partial charge >= 0.3 is 11.6 Å². The summed E-state index contributed by atoms with van der Waals surface area (Å²) >= 11 is 0. The Kier molecular flexibility index (Phi) is 6.20. The van der Waals surface area contributed by atoms with Crippen LogP contribution in [0.2, 0.25) is 0 Å². The van der Waals surface area contributed by atoms with E-state index in [0.29, 0.717) is 31.0 Å². The van der Waals surface area contributed by atoms with Crippen molar-refractivity contribution >= 4 is 16.9 Å². The van der Waals surface area contributed by atoms with Crippen molar-refractivity contribution in [1.82, 2.24) is 4.90 Å². The fraction of sp³-hybridized carbons (Fsp3) is 0.545. The van der Waals surface area contributed by atoms with E-state index in [1.807, 2.05) is 13.0 Å². The van der Waals surface area contributed by atoms with Gasteiger partial charge in [0.2, 0.25) is 0 Å². The van der Waals surface area contributed by atoms with Crippen molar-refractivity contribution < 1.29 is 18.7 Å². The molecule has 1 saturated heterocycles. The Hall–Kier alpha value is -2.18. The predicted molar refractivity (Wildman–Crippen MR) is 108 cm³/mol. The molecule has 3 rings (SSSR count). The number of esters is 1. The minimum Gasteiger partial charge on any atom is -0.468 e. The van der Waals surface area contributed by atoms with Crippen molar-refractivity contribution in [2.24, 2.45) is 0 Å². The number of rotatable bonds is 5. The van der Waals surface area contributed by atoms with Crippen LogP contribution in [0.25, 0.3) is 11.0 Å². The molecule has 0 bridgehead atoms. The zero-order chi connectivity index (χ0) is 20.4. The number of fused-ring (bicyclic) bond motifs is 1. The first kappa shape index (κ1) is 20.6. The summed E-state index contributed by atoms with van der Waals surface area (Å²) < 4.78 is 15.9. The molecule has 2 aromatic rings. The van der Waals surface area contributed by atoms with Crippen molar-refractivity contribution in [3.05, 3.63) is 45.3 Å². The fourth-order valence-electron chi connectivity index (χ4n) is 4.13. The summed E-state index contributed by atoms with van der Waals surface area (Å²) in [5.74, 6) is 0.0946. The van der Waals surface area contributed by atoms with E-state index in [4.69, 9.17) is 13.9 Å². The molecule has 0 spiro atoms. The number of likely N-dealkylation sites (tertiary alicyclic amines) is 1. The number of carbonyl (C=O) groups is 1. The molecule has 1 aromatic heterocycles. The van der Waals surface area contributed by atoms with Crippen LogP contribution in [0.3, 0.4) is 0 Å². The number of piperidine rings is 1. The maximum atomic E-state index is 12.3. The molecule has 0 N–H and O–H groups in total. The molecule has 0 unspecified atom stereocenters. The van der Waals surface area contributed by atoms with E-state index in [2.05, 4.69) is 24.8 Å². The SMILES string of the molecule is COC(=O)[C@H]1C[C@H](OC)CCN1Cc1cc(=O)oc2cc(C)c(C(C)C)cc12. The maximum absolute atomic E-state index is 12.3. The molecule has 2 heterocycles. The normalized spacial score (nSPS) is 20.6. The van der Waals surface area contributed by atoms with Crippen molar-refractivity contribution in [2.75, 3.05) is 20.8 Å². The molecule has 6 nitrogen and oxygen atoms in total. The number of ether oxygens (including phenoxy) is 2. The quantitative estimate of drug-likeness (QED) is 0.579. The number of methoxy groups -OCH3 is 2. The van der Waals surface area contributed by atoms with E-state index in [1.54, 1.807) is 13.2 Å². The summed E-state index contributed by atoms with van der Waals surface area (Å²) in [5, 5.41) is 0.923. The molecule has 0 saturated carbocycles. The Morgan fingerprint density at radius 1 is 1.29 bits per heavy atom. The number of aryl methyl sites for hydroxylation is 1. The highest BCUT2D eigenvalue weighted by molar-refractivity contribution is 5.82. The first-order valence-corrected chi connectivity index (χ1v) is 9.76. The minimum absolute atomic E-state index is 0.0353. The van der Waals surface area contributed by atoms with Gasteiger partial charge in [-0.15, -0.1) is 0 Å². The van der Waals surface area contributed by atoms with Gasteiger partial charge in [-0.2, -0.15) is 0 Å². The molecule has 1 aliphatic rings. The monoisotopic (exact) mass is 387 g/mol. The van der Waals surface area contributed by atoms with Crippen LogP contribution in [0.1, 0.15) is 49.3 Å². The summed E-state index contributed by atoms with van der Waals surface area (Å²) in [5.41, 5.74) is 3.42. The van der Waals surface area contributed by atoms with Crippen molar-refractivity contribution in [2.45, 2.75) is 58.2 Å². The summed E-state index contributed by atoms with van der Waals surface area (Å²) in [7, 11) is 3.07. The number of hydrogen-bond donors (Lipinski definition) is 0. The molecule has 0 aliphatic carbocycles. The van der Waals surface area contributed by atoms with E-state index < -0.39 is 0 Å². The first-order chi connectivity index (χ1) is 13.3. The Morgan fingerprint density at radius 3 is 2.68 bits per heavy atom. The van der Waals surface area contributed by atoms with Crippen LogP contribution in [-0.2, 0) is 20.8 Å². The van der Waals surface area contributed by atoms with Gasteiger partial charge in [0.05, 0.1) is 13.2 Å². The van der Waals surface area contributed by atoms with E-state index >= 15 is 0 Å². The van der Waals surface area contributed by atoms with Crippen LogP contribution < -0.4 is 5.63 Å². The molecule has 6 heteroatoms. The standard InChI is InChI=1S/C22H29NO5/c1-13(2)17-11-18-15(9-21(24)28-20(18)8-14(17)3)12-23-7-6-16(26-4)10-19(23)22(25)27-5/h8-9,11,13,16,19H,6-7,10,12H2,1-5H3/t16-,19-/m1/s1. The van der Waals surface area contributed by atoms with E-state index in [9.17, 15) is 9.59 Å². The van der Waals surface area contributed by atoms with E-state index in [-0.39, 0.29) is 23.7 Å². The molecule has 0 radical (unpaired) electrons. The molecule has 28 heavy (non-hydrogen) atoms. The van der Waals surface area contributed by atoms with Gasteiger partial charge in [0.25, 0.3) is 0 Å². The molecule has 2 atom stereocenters. The zero-order valence-corrected chi connectivity index (χ0v) is 17.3. The smallest absolute Gasteiger partial charge is 0.336 e. The summed E-state index contributed by atoms with van der Waals surface area (Å²) in [6.45, 7) is 7.51. The molecule has 152 valence electrons. The highest BCUT2D eigenvalue weighted by atomic mass is 16.5. The first-order valence-electron chi connectivity index (χ1n) is 9.76. The second-order valence-electron chi connectivity index (χ2n) is 7.84. The van der Waals surface area contributed by atoms with Gasteiger partial charge in [-0.05, 0) is 54.5 Å². The maximum Gasteiger partial charge on any atom is 0.336 e. The average Bonchev–Trinajstić information content (AvgIpc) is 2.66. The molecule has 1 aromatic carbocycles. The zero-order valence-electron chi connectivity index (χ0n) is 17.3. The van der Waals surface area contributed by atoms with Gasteiger partial charge in [-0.1, -0.05) is 13.8 Å². The van der Waals surface area contributed by atoms with Crippen molar-refractivity contribution in [3.8, 4) is 0 Å². The lowest BCUT2D eigenvalue weighted by Crippen LogP contribution is -2.49. The number of benzene rings is 1. The third-order valence-electron chi connectivity index (χ3n) is 5.68. The van der Waals surface area contributed by atoms with Crippen molar-refractivity contribution in [1.29, 1.82) is 0 Å². The third-order valence-corrected chi connectivity index (χ3v) is 5.68.